The molecule has 0 aromatic heterocycles. The molecule has 0 aliphatic carbocycles. The van der Waals surface area contributed by atoms with E-state index in [0.717, 1.165) is 10.4 Å². The van der Waals surface area contributed by atoms with E-state index >= 15 is 0 Å². The third-order valence-electron chi connectivity index (χ3n) is 2.47. The van der Waals surface area contributed by atoms with Gasteiger partial charge in [0, 0.05) is 6.54 Å². The van der Waals surface area contributed by atoms with Gasteiger partial charge in [-0.15, -0.1) is 0 Å². The molecule has 0 amide bonds. The predicted octanol–water partition coefficient (Wildman–Crippen LogP) is 2.06. The fourth-order valence-corrected chi connectivity index (χ4v) is 3.29. The van der Waals surface area contributed by atoms with Crippen LogP contribution in [0.3, 0.4) is 0 Å². The fourth-order valence-electron chi connectivity index (χ4n) is 1.65. The van der Waals surface area contributed by atoms with Gasteiger partial charge in [0.05, 0.1) is 11.0 Å². The van der Waals surface area contributed by atoms with E-state index in [2.05, 4.69) is 0 Å². The average Bonchev–Trinajstić information content (AvgIpc) is 2.28. The van der Waals surface area contributed by atoms with Gasteiger partial charge in [-0.05, 0) is 37.1 Å². The van der Waals surface area contributed by atoms with Crippen LogP contribution in [0.1, 0.15) is 18.9 Å². The molecule has 0 fully saturated rings. The van der Waals surface area contributed by atoms with Crippen LogP contribution in [0.2, 0.25) is 0 Å². The van der Waals surface area contributed by atoms with E-state index in [4.69, 9.17) is 5.26 Å². The largest absolute Gasteiger partial charge is 0.244 e. The van der Waals surface area contributed by atoms with Gasteiger partial charge in [-0.2, -0.15) is 9.57 Å². The van der Waals surface area contributed by atoms with Gasteiger partial charge in [0.15, 0.2) is 0 Å². The number of benzene rings is 1. The molecule has 0 atom stereocenters. The number of rotatable bonds is 5. The van der Waals surface area contributed by atoms with Crippen LogP contribution in [0.15, 0.2) is 23.1 Å². The Hall–Kier alpha value is -1.45. The molecule has 18 heavy (non-hydrogen) atoms. The van der Waals surface area contributed by atoms with E-state index in [9.17, 15) is 12.8 Å². The first-order valence-electron chi connectivity index (χ1n) is 5.56. The normalized spacial score (nSPS) is 11.5. The SMILES string of the molecule is CCCN(CC#N)S(=O)(=O)c1ccc(F)cc1C. The molecule has 4 nitrogen and oxygen atoms in total. The van der Waals surface area contributed by atoms with Crippen LogP contribution in [0.25, 0.3) is 0 Å². The molecule has 0 spiro atoms. The molecule has 0 heterocycles. The van der Waals surface area contributed by atoms with Crippen LogP contribution < -0.4 is 0 Å². The molecule has 1 aromatic rings. The summed E-state index contributed by atoms with van der Waals surface area (Å²) in [6.07, 6.45) is 0.612. The molecule has 0 radical (unpaired) electrons. The topological polar surface area (TPSA) is 61.2 Å². The Bertz CT molecular complexity index is 564. The Morgan fingerprint density at radius 1 is 1.44 bits per heavy atom. The molecule has 0 N–H and O–H groups in total. The summed E-state index contributed by atoms with van der Waals surface area (Å²) in [6.45, 7) is 3.43. The van der Waals surface area contributed by atoms with E-state index in [1.54, 1.807) is 0 Å². The molecular weight excluding hydrogens is 255 g/mol. The maximum Gasteiger partial charge on any atom is 0.244 e. The third kappa shape index (κ3) is 3.06. The van der Waals surface area contributed by atoms with Crippen molar-refractivity contribution in [1.29, 1.82) is 5.26 Å². The number of halogens is 1. The molecule has 0 saturated heterocycles. The van der Waals surface area contributed by atoms with E-state index < -0.39 is 15.8 Å². The number of nitrogens with zero attached hydrogens (tertiary/aromatic N) is 2. The first-order valence-corrected chi connectivity index (χ1v) is 7.00. The Morgan fingerprint density at radius 3 is 2.61 bits per heavy atom. The van der Waals surface area contributed by atoms with Crippen molar-refractivity contribution < 1.29 is 12.8 Å². The first-order chi connectivity index (χ1) is 8.43. The van der Waals surface area contributed by atoms with Gasteiger partial charge >= 0.3 is 0 Å². The molecule has 0 unspecified atom stereocenters. The van der Waals surface area contributed by atoms with Gasteiger partial charge in [0.1, 0.15) is 12.4 Å². The van der Waals surface area contributed by atoms with Crippen LogP contribution in [0, 0.1) is 24.1 Å². The van der Waals surface area contributed by atoms with Gasteiger partial charge in [-0.25, -0.2) is 12.8 Å². The van der Waals surface area contributed by atoms with E-state index in [-0.39, 0.29) is 18.0 Å². The lowest BCUT2D eigenvalue weighted by atomic mass is 10.2. The molecule has 98 valence electrons. The second-order valence-electron chi connectivity index (χ2n) is 3.91. The van der Waals surface area contributed by atoms with Gasteiger partial charge in [0.2, 0.25) is 10.0 Å². The molecule has 1 aromatic carbocycles. The van der Waals surface area contributed by atoms with Gasteiger partial charge in [0.25, 0.3) is 0 Å². The Kier molecular flexibility index (Phi) is 4.82. The first kappa shape index (κ1) is 14.6. The van der Waals surface area contributed by atoms with E-state index in [1.165, 1.54) is 19.1 Å². The number of sulfonamides is 1. The monoisotopic (exact) mass is 270 g/mol. The standard InChI is InChI=1S/C12H15FN2O2S/c1-3-7-15(8-6-14)18(16,17)12-5-4-11(13)9-10(12)2/h4-5,9H,3,7-8H2,1-2H3. The van der Waals surface area contributed by atoms with Crippen molar-refractivity contribution in [1.82, 2.24) is 4.31 Å². The Morgan fingerprint density at radius 2 is 2.11 bits per heavy atom. The highest BCUT2D eigenvalue weighted by Gasteiger charge is 2.25. The highest BCUT2D eigenvalue weighted by Crippen LogP contribution is 2.20. The second kappa shape index (κ2) is 5.94. The summed E-state index contributed by atoms with van der Waals surface area (Å²) < 4.78 is 38.7. The number of hydrogen-bond acceptors (Lipinski definition) is 3. The molecule has 0 bridgehead atoms. The highest BCUT2D eigenvalue weighted by atomic mass is 32.2. The van der Waals surface area contributed by atoms with Gasteiger partial charge < -0.3 is 0 Å². The number of nitriles is 1. The van der Waals surface area contributed by atoms with Crippen molar-refractivity contribution in [3.8, 4) is 6.07 Å². The lowest BCUT2D eigenvalue weighted by molar-refractivity contribution is 0.443. The van der Waals surface area contributed by atoms with Crippen LogP contribution >= 0.6 is 0 Å². The summed E-state index contributed by atoms with van der Waals surface area (Å²) >= 11 is 0. The summed E-state index contributed by atoms with van der Waals surface area (Å²) in [5.74, 6) is -0.478. The van der Waals surface area contributed by atoms with Gasteiger partial charge in [-0.1, -0.05) is 6.92 Å². The van der Waals surface area contributed by atoms with Crippen molar-refractivity contribution >= 4 is 10.0 Å². The molecule has 0 aliphatic rings. The number of hydrogen-bond donors (Lipinski definition) is 0. The smallest absolute Gasteiger partial charge is 0.207 e. The van der Waals surface area contributed by atoms with Crippen LogP contribution in [0.4, 0.5) is 4.39 Å². The second-order valence-corrected chi connectivity index (χ2v) is 5.81. The van der Waals surface area contributed by atoms with Crippen molar-refractivity contribution in [2.24, 2.45) is 0 Å². The maximum atomic E-state index is 13.0. The average molecular weight is 270 g/mol. The van der Waals surface area contributed by atoms with Crippen molar-refractivity contribution in [2.75, 3.05) is 13.1 Å². The quantitative estimate of drug-likeness (QED) is 0.769. The van der Waals surface area contributed by atoms with Crippen molar-refractivity contribution in [3.63, 3.8) is 0 Å². The fraction of sp³-hybridized carbons (Fsp3) is 0.417. The maximum absolute atomic E-state index is 13.0. The van der Waals surface area contributed by atoms with Gasteiger partial charge in [-0.3, -0.25) is 0 Å². The number of aryl methyl sites for hydroxylation is 1. The van der Waals surface area contributed by atoms with Crippen LogP contribution in [-0.2, 0) is 10.0 Å². The van der Waals surface area contributed by atoms with E-state index in [1.807, 2.05) is 13.0 Å². The third-order valence-corrected chi connectivity index (χ3v) is 4.48. The highest BCUT2D eigenvalue weighted by molar-refractivity contribution is 7.89. The summed E-state index contributed by atoms with van der Waals surface area (Å²) in [4.78, 5) is 0.0487. The Labute approximate surface area is 107 Å². The minimum Gasteiger partial charge on any atom is -0.207 e. The minimum absolute atomic E-state index is 0.0487. The summed E-state index contributed by atoms with van der Waals surface area (Å²) in [5, 5.41) is 8.67. The lowest BCUT2D eigenvalue weighted by Crippen LogP contribution is -2.32. The minimum atomic E-state index is -3.73. The lowest BCUT2D eigenvalue weighted by Gasteiger charge is -2.19. The summed E-state index contributed by atoms with van der Waals surface area (Å²) in [5.41, 5.74) is 0.342. The molecule has 0 saturated carbocycles. The van der Waals surface area contributed by atoms with Crippen molar-refractivity contribution in [3.05, 3.63) is 29.6 Å². The molecule has 1 rings (SSSR count). The zero-order valence-electron chi connectivity index (χ0n) is 10.4. The summed E-state index contributed by atoms with van der Waals surface area (Å²) in [7, 11) is -3.73. The zero-order chi connectivity index (χ0) is 13.8. The van der Waals surface area contributed by atoms with Crippen molar-refractivity contribution in [2.45, 2.75) is 25.2 Å². The zero-order valence-corrected chi connectivity index (χ0v) is 11.2. The predicted molar refractivity (Wildman–Crippen MR) is 65.8 cm³/mol. The Balaban J connectivity index is 3.22. The van der Waals surface area contributed by atoms with Crippen LogP contribution in [-0.4, -0.2) is 25.8 Å². The van der Waals surface area contributed by atoms with E-state index in [0.29, 0.717) is 12.0 Å². The molecule has 0 aliphatic heterocycles. The van der Waals surface area contributed by atoms with Crippen LogP contribution in [0.5, 0.6) is 0 Å². The molecule has 6 heteroatoms. The molecular formula is C12H15FN2O2S. The summed E-state index contributed by atoms with van der Waals surface area (Å²) in [6, 6.07) is 5.35.